The first kappa shape index (κ1) is 35.4. The van der Waals surface area contributed by atoms with Gasteiger partial charge in [0, 0.05) is 54.7 Å². The highest BCUT2D eigenvalue weighted by Gasteiger charge is 2.24. The van der Waals surface area contributed by atoms with Crippen LogP contribution in [0.1, 0.15) is 0 Å². The van der Waals surface area contributed by atoms with Crippen LogP contribution in [0, 0.1) is 0 Å². The molecule has 0 spiro atoms. The Labute approximate surface area is 364 Å². The average Bonchev–Trinajstić information content (AvgIpc) is 4.00. The largest absolute Gasteiger partial charge is 0.309 e. The van der Waals surface area contributed by atoms with Crippen LogP contribution in [0.3, 0.4) is 0 Å². The van der Waals surface area contributed by atoms with Gasteiger partial charge in [0.2, 0.25) is 0 Å². The number of hydrogen-bond acceptors (Lipinski definition) is 0. The number of nitrogens with zero attached hydrogens (tertiary/aromatic N) is 3. The van der Waals surface area contributed by atoms with E-state index >= 15 is 0 Å². The molecule has 0 saturated carbocycles. The highest BCUT2D eigenvalue weighted by molar-refractivity contribution is 6.26. The van der Waals surface area contributed by atoms with Gasteiger partial charge in [0.15, 0.2) is 0 Å². The zero-order valence-corrected chi connectivity index (χ0v) is 34.4. The smallest absolute Gasteiger partial charge is 0.0641 e. The van der Waals surface area contributed by atoms with Crippen LogP contribution in [-0.2, 0) is 0 Å². The van der Waals surface area contributed by atoms with Crippen LogP contribution >= 0.6 is 0 Å². The fraction of sp³-hybridized carbons (Fsp3) is 0. The summed E-state index contributed by atoms with van der Waals surface area (Å²) in [6.07, 6.45) is 0. The number of rotatable bonds is 6. The monoisotopic (exact) mass is 801 g/mol. The first-order valence-electron chi connectivity index (χ1n) is 21.7. The normalized spacial score (nSPS) is 11.8. The van der Waals surface area contributed by atoms with Crippen LogP contribution in [0.4, 0.5) is 0 Å². The molecule has 0 aliphatic rings. The molecule has 0 unspecified atom stereocenters. The van der Waals surface area contributed by atoms with Crippen LogP contribution in [-0.4, -0.2) is 13.7 Å². The minimum absolute atomic E-state index is 1.14. The Morgan fingerprint density at radius 2 is 0.698 bits per heavy atom. The van der Waals surface area contributed by atoms with Gasteiger partial charge in [-0.1, -0.05) is 188 Å². The molecule has 0 atom stereocenters. The lowest BCUT2D eigenvalue weighted by Gasteiger charge is -2.18. The summed E-state index contributed by atoms with van der Waals surface area (Å²) in [5.74, 6) is 0. The average molecular weight is 802 g/mol. The van der Waals surface area contributed by atoms with Gasteiger partial charge < -0.3 is 13.7 Å². The number of hydrogen-bond donors (Lipinski definition) is 0. The molecule has 0 radical (unpaired) electrons. The molecule has 0 fully saturated rings. The molecule has 63 heavy (non-hydrogen) atoms. The van der Waals surface area contributed by atoms with Crippen molar-refractivity contribution in [3.63, 3.8) is 0 Å². The lowest BCUT2D eigenvalue weighted by atomic mass is 9.99. The van der Waals surface area contributed by atoms with Gasteiger partial charge >= 0.3 is 0 Å². The van der Waals surface area contributed by atoms with Crippen molar-refractivity contribution in [2.75, 3.05) is 0 Å². The van der Waals surface area contributed by atoms with Crippen molar-refractivity contribution < 1.29 is 0 Å². The van der Waals surface area contributed by atoms with Crippen LogP contribution in [0.2, 0.25) is 0 Å². The highest BCUT2D eigenvalue weighted by atomic mass is 15.0. The predicted octanol–water partition coefficient (Wildman–Crippen LogP) is 16.0. The highest BCUT2D eigenvalue weighted by Crippen LogP contribution is 2.46. The molecule has 0 saturated heterocycles. The molecule has 3 heterocycles. The van der Waals surface area contributed by atoms with Gasteiger partial charge in [-0.3, -0.25) is 0 Å². The number of benzene rings is 10. The van der Waals surface area contributed by atoms with Crippen LogP contribution in [0.25, 0.3) is 116 Å². The molecule has 0 amide bonds. The number of fused-ring (bicyclic) bond motifs is 10. The molecule has 0 aliphatic carbocycles. The maximum atomic E-state index is 2.50. The molecule has 13 rings (SSSR count). The van der Waals surface area contributed by atoms with Gasteiger partial charge in [-0.2, -0.15) is 0 Å². The second-order valence-corrected chi connectivity index (χ2v) is 16.4. The van der Waals surface area contributed by atoms with Crippen LogP contribution in [0.5, 0.6) is 0 Å². The summed E-state index contributed by atoms with van der Waals surface area (Å²) in [5, 5.41) is 7.42. The van der Waals surface area contributed by atoms with Crippen molar-refractivity contribution in [1.29, 1.82) is 0 Å². The Morgan fingerprint density at radius 3 is 1.40 bits per heavy atom. The summed E-state index contributed by atoms with van der Waals surface area (Å²) >= 11 is 0. The van der Waals surface area contributed by atoms with Crippen molar-refractivity contribution in [2.45, 2.75) is 0 Å². The summed E-state index contributed by atoms with van der Waals surface area (Å²) in [4.78, 5) is 0. The summed E-state index contributed by atoms with van der Waals surface area (Å²) in [6, 6.07) is 86.4. The van der Waals surface area contributed by atoms with E-state index in [9.17, 15) is 0 Å². The minimum atomic E-state index is 1.14. The van der Waals surface area contributed by atoms with Crippen molar-refractivity contribution in [1.82, 2.24) is 13.7 Å². The Balaban J connectivity index is 1.10. The second kappa shape index (κ2) is 14.1. The number of para-hydroxylation sites is 6. The van der Waals surface area contributed by atoms with Crippen LogP contribution in [0.15, 0.2) is 237 Å². The zero-order valence-electron chi connectivity index (χ0n) is 34.4. The molecule has 0 bridgehead atoms. The molecule has 294 valence electrons. The second-order valence-electron chi connectivity index (χ2n) is 16.4. The summed E-state index contributed by atoms with van der Waals surface area (Å²) in [7, 11) is 0. The van der Waals surface area contributed by atoms with E-state index in [1.54, 1.807) is 0 Å². The maximum Gasteiger partial charge on any atom is 0.0641 e. The zero-order chi connectivity index (χ0) is 41.4. The molecule has 3 heteroatoms. The minimum Gasteiger partial charge on any atom is -0.309 e. The molecule has 10 aromatic carbocycles. The van der Waals surface area contributed by atoms with Gasteiger partial charge in [-0.15, -0.1) is 0 Å². The molecule has 3 nitrogen and oxygen atoms in total. The van der Waals surface area contributed by atoms with E-state index in [2.05, 4.69) is 250 Å². The summed E-state index contributed by atoms with van der Waals surface area (Å²) < 4.78 is 7.48. The maximum absolute atomic E-state index is 2.50. The Kier molecular flexibility index (Phi) is 7.91. The molecule has 0 N–H and O–H groups in total. The third-order valence-electron chi connectivity index (χ3n) is 13.1. The van der Waals surface area contributed by atoms with E-state index in [0.717, 1.165) is 17.1 Å². The Hall–Kier alpha value is -8.40. The third kappa shape index (κ3) is 5.33. The molecular weight excluding hydrogens is 763 g/mol. The van der Waals surface area contributed by atoms with Gasteiger partial charge in [0.1, 0.15) is 0 Å². The van der Waals surface area contributed by atoms with E-state index in [4.69, 9.17) is 0 Å². The summed E-state index contributed by atoms with van der Waals surface area (Å²) in [6.45, 7) is 0. The van der Waals surface area contributed by atoms with E-state index in [-0.39, 0.29) is 0 Å². The van der Waals surface area contributed by atoms with Gasteiger partial charge in [-0.05, 0) is 65.2 Å². The lowest BCUT2D eigenvalue weighted by Crippen LogP contribution is -2.01. The van der Waals surface area contributed by atoms with E-state index in [1.165, 1.54) is 98.8 Å². The van der Waals surface area contributed by atoms with Crippen molar-refractivity contribution in [3.05, 3.63) is 237 Å². The van der Waals surface area contributed by atoms with Gasteiger partial charge in [0.25, 0.3) is 0 Å². The fourth-order valence-electron chi connectivity index (χ4n) is 10.4. The van der Waals surface area contributed by atoms with Crippen molar-refractivity contribution >= 4 is 65.4 Å². The molecular formula is C60H39N3. The standard InChI is InChI=1S/C60H39N3/c1-3-18-40(19-4-1)41-34-36-43(37-35-41)61-53-30-13-8-25-47(53)50-38-39-57-58(60(50)61)51-26-11-16-33-56(51)62(57)54-31-14-9-23-45(54)48-27-17-28-49-46-24-10-15-32-55(46)63(59(48)49)52-29-12-7-22-44(52)42-20-5-2-6-21-42/h1-39H. The van der Waals surface area contributed by atoms with E-state index in [1.807, 2.05) is 0 Å². The fourth-order valence-corrected chi connectivity index (χ4v) is 10.4. The third-order valence-corrected chi connectivity index (χ3v) is 13.1. The van der Waals surface area contributed by atoms with Crippen molar-refractivity contribution in [2.24, 2.45) is 0 Å². The van der Waals surface area contributed by atoms with Crippen LogP contribution < -0.4 is 0 Å². The summed E-state index contributed by atoms with van der Waals surface area (Å²) in [5.41, 5.74) is 17.7. The topological polar surface area (TPSA) is 14.8 Å². The van der Waals surface area contributed by atoms with E-state index in [0.29, 0.717) is 0 Å². The lowest BCUT2D eigenvalue weighted by molar-refractivity contribution is 1.17. The Morgan fingerprint density at radius 1 is 0.222 bits per heavy atom. The Bertz CT molecular complexity index is 3880. The predicted molar refractivity (Wildman–Crippen MR) is 266 cm³/mol. The van der Waals surface area contributed by atoms with Gasteiger partial charge in [-0.25, -0.2) is 0 Å². The SMILES string of the molecule is c1ccc(-c2ccc(-n3c4ccccc4c4ccc5c(c6ccccc6n5-c5ccccc5-c5cccc6c7ccccc7n(-c7ccccc7-c7ccccc7)c56)c43)cc2)cc1. The van der Waals surface area contributed by atoms with Crippen molar-refractivity contribution in [3.8, 4) is 50.4 Å². The quantitative estimate of drug-likeness (QED) is 0.159. The van der Waals surface area contributed by atoms with E-state index < -0.39 is 0 Å². The number of aromatic nitrogens is 3. The van der Waals surface area contributed by atoms with Gasteiger partial charge in [0.05, 0.1) is 44.5 Å². The first-order chi connectivity index (χ1) is 31.3. The molecule has 0 aliphatic heterocycles. The first-order valence-corrected chi connectivity index (χ1v) is 21.7. The molecule has 13 aromatic rings. The molecule has 3 aromatic heterocycles.